The second-order valence-corrected chi connectivity index (χ2v) is 8.71. The molecule has 3 N–H and O–H groups in total. The van der Waals surface area contributed by atoms with E-state index in [1.165, 1.54) is 0 Å². The molecule has 0 amide bonds. The lowest BCUT2D eigenvalue weighted by molar-refractivity contribution is -0.217. The number of carboxylic acids is 3. The third-order valence-corrected chi connectivity index (χ3v) is 6.67. The lowest BCUT2D eigenvalue weighted by Gasteiger charge is -2.65. The van der Waals surface area contributed by atoms with Crippen molar-refractivity contribution in [1.82, 2.24) is 0 Å². The zero-order valence-corrected chi connectivity index (χ0v) is 14.7. The van der Waals surface area contributed by atoms with Crippen molar-refractivity contribution >= 4 is 17.9 Å². The molecule has 1 aromatic carbocycles. The molecule has 0 atom stereocenters. The Morgan fingerprint density at radius 3 is 1.48 bits per heavy atom. The molecule has 0 unspecified atom stereocenters. The van der Waals surface area contributed by atoms with Crippen LogP contribution in [0.25, 0.3) is 0 Å². The number of rotatable bonds is 3. The number of hydrogen-bond donors (Lipinski definition) is 3. The van der Waals surface area contributed by atoms with Crippen LogP contribution in [0.3, 0.4) is 0 Å². The van der Waals surface area contributed by atoms with E-state index in [1.54, 1.807) is 0 Å². The molecule has 0 aliphatic heterocycles. The lowest BCUT2D eigenvalue weighted by Crippen LogP contribution is -2.66. The average molecular weight is 368 g/mol. The van der Waals surface area contributed by atoms with E-state index < -0.39 is 39.6 Å². The largest absolute Gasteiger partial charge is 0.481 e. The van der Waals surface area contributed by atoms with Gasteiger partial charge in [0.1, 0.15) is 0 Å². The molecule has 5 rings (SSSR count). The van der Waals surface area contributed by atoms with Crippen molar-refractivity contribution in [2.24, 2.45) is 21.7 Å². The molecule has 0 radical (unpaired) electrons. The Morgan fingerprint density at radius 2 is 1.11 bits per heavy atom. The highest BCUT2D eigenvalue weighted by atomic mass is 16.4. The zero-order chi connectivity index (χ0) is 19.5. The minimum Gasteiger partial charge on any atom is -0.481 e. The zero-order valence-electron chi connectivity index (χ0n) is 14.7. The van der Waals surface area contributed by atoms with Crippen molar-refractivity contribution in [3.8, 4) is 11.8 Å². The fourth-order valence-corrected chi connectivity index (χ4v) is 6.18. The Kier molecular flexibility index (Phi) is 3.49. The summed E-state index contributed by atoms with van der Waals surface area (Å²) >= 11 is 0. The van der Waals surface area contributed by atoms with Crippen molar-refractivity contribution in [3.63, 3.8) is 0 Å². The van der Waals surface area contributed by atoms with Crippen LogP contribution in [0.2, 0.25) is 0 Å². The molecule has 0 spiro atoms. The number of carboxylic acid groups (broad SMARTS) is 3. The Balaban J connectivity index is 1.88. The van der Waals surface area contributed by atoms with Gasteiger partial charge in [-0.15, -0.1) is 0 Å². The number of benzene rings is 1. The summed E-state index contributed by atoms with van der Waals surface area (Å²) in [5, 5.41) is 29.8. The van der Waals surface area contributed by atoms with E-state index in [4.69, 9.17) is 0 Å². The molecule has 6 nitrogen and oxygen atoms in total. The van der Waals surface area contributed by atoms with E-state index in [2.05, 4.69) is 11.8 Å². The Hall–Kier alpha value is -2.81. The molecule has 4 bridgehead atoms. The summed E-state index contributed by atoms with van der Waals surface area (Å²) in [4.78, 5) is 36.5. The van der Waals surface area contributed by atoms with Gasteiger partial charge in [0.2, 0.25) is 0 Å². The highest BCUT2D eigenvalue weighted by Gasteiger charge is 2.74. The number of carbonyl (C=O) groups is 3. The van der Waals surface area contributed by atoms with Gasteiger partial charge in [-0.3, -0.25) is 14.4 Å². The minimum atomic E-state index is -1.35. The molecule has 140 valence electrons. The quantitative estimate of drug-likeness (QED) is 0.707. The average Bonchev–Trinajstić information content (AvgIpc) is 2.60. The second kappa shape index (κ2) is 5.35. The Bertz CT molecular complexity index is 824. The standard InChI is InChI=1S/C21H20O6/c22-15(23)19-8-18(7-6-14-4-2-1-3-5-14)9-20(11-19,16(24)25)13-21(10-18,12-19)17(26)27/h1-5H,8-13H2,(H,22,23)(H,24,25)(H,26,27). The monoisotopic (exact) mass is 368 g/mol. The van der Waals surface area contributed by atoms with Gasteiger partial charge in [-0.2, -0.15) is 0 Å². The third kappa shape index (κ3) is 2.45. The molecule has 0 aromatic heterocycles. The minimum absolute atomic E-state index is 0.0194. The van der Waals surface area contributed by atoms with Gasteiger partial charge < -0.3 is 15.3 Å². The fraction of sp³-hybridized carbons (Fsp3) is 0.476. The third-order valence-electron chi connectivity index (χ3n) is 6.67. The van der Waals surface area contributed by atoms with Crippen LogP contribution < -0.4 is 0 Å². The molecule has 4 saturated carbocycles. The van der Waals surface area contributed by atoms with E-state index in [0.29, 0.717) is 0 Å². The van der Waals surface area contributed by atoms with Gasteiger partial charge in [-0.05, 0) is 50.7 Å². The van der Waals surface area contributed by atoms with Gasteiger partial charge >= 0.3 is 17.9 Å². The van der Waals surface area contributed by atoms with Crippen LogP contribution in [0.4, 0.5) is 0 Å². The molecular formula is C21H20O6. The van der Waals surface area contributed by atoms with Crippen molar-refractivity contribution < 1.29 is 29.7 Å². The first-order chi connectivity index (χ1) is 12.7. The van der Waals surface area contributed by atoms with Crippen LogP contribution in [-0.4, -0.2) is 33.2 Å². The smallest absolute Gasteiger partial charge is 0.309 e. The highest BCUT2D eigenvalue weighted by molar-refractivity contribution is 5.86. The number of hydrogen-bond acceptors (Lipinski definition) is 3. The summed E-state index contributed by atoms with van der Waals surface area (Å²) in [6.07, 6.45) is 0.565. The molecule has 0 saturated heterocycles. The molecule has 4 aliphatic rings. The lowest BCUT2D eigenvalue weighted by atomic mass is 9.35. The van der Waals surface area contributed by atoms with E-state index in [0.717, 1.165) is 5.56 Å². The summed E-state index contributed by atoms with van der Waals surface area (Å²) in [6, 6.07) is 9.16. The van der Waals surface area contributed by atoms with Crippen LogP contribution in [0.5, 0.6) is 0 Å². The maximum Gasteiger partial charge on any atom is 0.309 e. The van der Waals surface area contributed by atoms with Crippen LogP contribution in [-0.2, 0) is 14.4 Å². The summed E-state index contributed by atoms with van der Waals surface area (Å²) in [5.41, 5.74) is -4.23. The Morgan fingerprint density at radius 1 is 0.704 bits per heavy atom. The molecular weight excluding hydrogens is 348 g/mol. The van der Waals surface area contributed by atoms with Crippen LogP contribution >= 0.6 is 0 Å². The molecule has 0 heterocycles. The summed E-state index contributed by atoms with van der Waals surface area (Å²) in [6.45, 7) is 0. The van der Waals surface area contributed by atoms with Gasteiger partial charge in [-0.1, -0.05) is 30.0 Å². The van der Waals surface area contributed by atoms with Crippen molar-refractivity contribution in [1.29, 1.82) is 0 Å². The van der Waals surface area contributed by atoms with Gasteiger partial charge in [0, 0.05) is 11.0 Å². The van der Waals surface area contributed by atoms with E-state index in [1.807, 2.05) is 30.3 Å². The first-order valence-corrected chi connectivity index (χ1v) is 8.94. The second-order valence-electron chi connectivity index (χ2n) is 8.71. The van der Waals surface area contributed by atoms with E-state index in [-0.39, 0.29) is 38.5 Å². The number of aliphatic carboxylic acids is 3. The van der Waals surface area contributed by atoms with Gasteiger partial charge in [0.25, 0.3) is 0 Å². The molecule has 1 aromatic rings. The fourth-order valence-electron chi connectivity index (χ4n) is 6.18. The predicted octanol–water partition coefficient (Wildman–Crippen LogP) is 2.62. The van der Waals surface area contributed by atoms with Crippen LogP contribution in [0.15, 0.2) is 30.3 Å². The van der Waals surface area contributed by atoms with Crippen molar-refractivity contribution in [2.75, 3.05) is 0 Å². The molecule has 6 heteroatoms. The summed E-state index contributed by atoms with van der Waals surface area (Å²) in [5.74, 6) is 2.86. The van der Waals surface area contributed by atoms with Gasteiger partial charge in [-0.25, -0.2) is 0 Å². The van der Waals surface area contributed by atoms with Gasteiger partial charge in [0.15, 0.2) is 0 Å². The first-order valence-electron chi connectivity index (χ1n) is 8.94. The van der Waals surface area contributed by atoms with E-state index >= 15 is 0 Å². The summed E-state index contributed by atoms with van der Waals surface area (Å²) in [7, 11) is 0. The van der Waals surface area contributed by atoms with Gasteiger partial charge in [0.05, 0.1) is 16.2 Å². The summed E-state index contributed by atoms with van der Waals surface area (Å²) < 4.78 is 0. The normalized spacial score (nSPS) is 38.7. The van der Waals surface area contributed by atoms with Crippen LogP contribution in [0, 0.1) is 33.5 Å². The maximum absolute atomic E-state index is 12.2. The molecule has 27 heavy (non-hydrogen) atoms. The Labute approximate surface area is 156 Å². The van der Waals surface area contributed by atoms with Crippen molar-refractivity contribution in [2.45, 2.75) is 38.5 Å². The topological polar surface area (TPSA) is 112 Å². The van der Waals surface area contributed by atoms with Crippen LogP contribution in [0.1, 0.15) is 44.1 Å². The van der Waals surface area contributed by atoms with Crippen molar-refractivity contribution in [3.05, 3.63) is 35.9 Å². The maximum atomic E-state index is 12.2. The first kappa shape index (κ1) is 17.6. The predicted molar refractivity (Wildman–Crippen MR) is 93.7 cm³/mol. The molecule has 4 fully saturated rings. The SMILES string of the molecule is O=C(O)C12CC3(C#Cc4ccccc4)CC(C(=O)O)(C1)CC(C(=O)O)(C3)C2. The molecule has 4 aliphatic carbocycles. The van der Waals surface area contributed by atoms with E-state index in [9.17, 15) is 29.7 Å². The highest BCUT2D eigenvalue weighted by Crippen LogP contribution is 2.74.